The topological polar surface area (TPSA) is 71.4 Å². The lowest BCUT2D eigenvalue weighted by Crippen LogP contribution is -2.36. The largest absolute Gasteiger partial charge is 0.342 e. The highest BCUT2D eigenvalue weighted by Gasteiger charge is 2.36. The average Bonchev–Trinajstić information content (AvgIpc) is 3.32. The van der Waals surface area contributed by atoms with Crippen molar-refractivity contribution in [2.24, 2.45) is 0 Å². The highest BCUT2D eigenvalue weighted by molar-refractivity contribution is 8.18. The van der Waals surface area contributed by atoms with E-state index in [0.29, 0.717) is 12.2 Å². The number of hydrogen-bond acceptors (Lipinski definition) is 4. The summed E-state index contributed by atoms with van der Waals surface area (Å²) in [6.45, 7) is 2.30. The van der Waals surface area contributed by atoms with Crippen molar-refractivity contribution in [3.8, 4) is 0 Å². The Hall–Kier alpha value is -4.17. The van der Waals surface area contributed by atoms with Crippen molar-refractivity contribution < 1.29 is 18.8 Å². The summed E-state index contributed by atoms with van der Waals surface area (Å²) in [5.74, 6) is -1.49. The Morgan fingerprint density at radius 2 is 1.81 bits per heavy atom. The Morgan fingerprint density at radius 3 is 2.58 bits per heavy atom. The summed E-state index contributed by atoms with van der Waals surface area (Å²) in [5, 5.41) is 3.03. The molecule has 6 nitrogen and oxygen atoms in total. The lowest BCUT2D eigenvalue weighted by Gasteiger charge is -2.12. The van der Waals surface area contributed by atoms with Crippen LogP contribution in [0.15, 0.2) is 83.9 Å². The van der Waals surface area contributed by atoms with Crippen LogP contribution in [0.5, 0.6) is 0 Å². The van der Waals surface area contributed by atoms with Gasteiger partial charge in [-0.05, 0) is 60.7 Å². The van der Waals surface area contributed by atoms with Gasteiger partial charge in [0.1, 0.15) is 12.4 Å². The van der Waals surface area contributed by atoms with E-state index in [9.17, 15) is 18.8 Å². The molecule has 0 unspecified atom stereocenters. The Labute approximate surface area is 211 Å². The van der Waals surface area contributed by atoms with E-state index in [4.69, 9.17) is 0 Å². The number of hydrogen-bond donors (Lipinski definition) is 1. The number of para-hydroxylation sites is 1. The number of aryl methyl sites for hydroxylation is 1. The summed E-state index contributed by atoms with van der Waals surface area (Å²) in [5.41, 5.74) is 4.56. The molecule has 1 saturated heterocycles. The van der Waals surface area contributed by atoms with E-state index in [1.807, 2.05) is 36.5 Å². The number of nitrogens with zero attached hydrogens (tertiary/aromatic N) is 2. The van der Waals surface area contributed by atoms with Crippen molar-refractivity contribution >= 4 is 51.5 Å². The van der Waals surface area contributed by atoms with E-state index in [1.54, 1.807) is 6.08 Å². The van der Waals surface area contributed by atoms with E-state index in [-0.39, 0.29) is 4.91 Å². The lowest BCUT2D eigenvalue weighted by molar-refractivity contribution is -0.127. The predicted molar refractivity (Wildman–Crippen MR) is 140 cm³/mol. The number of imide groups is 1. The van der Waals surface area contributed by atoms with Gasteiger partial charge in [0.25, 0.3) is 11.1 Å². The minimum Gasteiger partial charge on any atom is -0.342 e. The zero-order valence-electron chi connectivity index (χ0n) is 19.4. The van der Waals surface area contributed by atoms with Gasteiger partial charge < -0.3 is 9.88 Å². The third-order valence-corrected chi connectivity index (χ3v) is 6.75. The molecular weight excluding hydrogens is 477 g/mol. The van der Waals surface area contributed by atoms with Crippen molar-refractivity contribution in [1.82, 2.24) is 9.47 Å². The van der Waals surface area contributed by atoms with Crippen LogP contribution in [0.25, 0.3) is 17.0 Å². The number of rotatable bonds is 6. The molecule has 0 atom stereocenters. The van der Waals surface area contributed by atoms with Gasteiger partial charge in [-0.2, -0.15) is 0 Å². The number of aromatic nitrogens is 1. The molecule has 1 aliphatic rings. The van der Waals surface area contributed by atoms with Crippen LogP contribution >= 0.6 is 11.8 Å². The van der Waals surface area contributed by atoms with Gasteiger partial charge in [0.2, 0.25) is 5.91 Å². The smallest absolute Gasteiger partial charge is 0.294 e. The van der Waals surface area contributed by atoms with Gasteiger partial charge in [-0.1, -0.05) is 48.0 Å². The highest BCUT2D eigenvalue weighted by Crippen LogP contribution is 2.34. The van der Waals surface area contributed by atoms with E-state index in [0.717, 1.165) is 38.7 Å². The molecule has 0 aliphatic carbocycles. The van der Waals surface area contributed by atoms with E-state index in [2.05, 4.69) is 35.0 Å². The predicted octanol–water partition coefficient (Wildman–Crippen LogP) is 5.81. The highest BCUT2D eigenvalue weighted by atomic mass is 32.2. The van der Waals surface area contributed by atoms with E-state index in [1.165, 1.54) is 29.8 Å². The maximum absolute atomic E-state index is 13.1. The third kappa shape index (κ3) is 4.94. The van der Waals surface area contributed by atoms with Gasteiger partial charge in [0, 0.05) is 34.9 Å². The Bertz CT molecular complexity index is 1520. The minimum atomic E-state index is -0.542. The van der Waals surface area contributed by atoms with Gasteiger partial charge in [-0.3, -0.25) is 19.3 Å². The van der Waals surface area contributed by atoms with Gasteiger partial charge >= 0.3 is 0 Å². The number of nitrogens with one attached hydrogen (secondary N) is 1. The molecule has 3 amide bonds. The van der Waals surface area contributed by atoms with Crippen LogP contribution in [0.2, 0.25) is 0 Å². The molecule has 36 heavy (non-hydrogen) atoms. The maximum atomic E-state index is 13.1. The average molecular weight is 500 g/mol. The second-order valence-electron chi connectivity index (χ2n) is 8.54. The summed E-state index contributed by atoms with van der Waals surface area (Å²) in [6, 6.07) is 21.4. The lowest BCUT2D eigenvalue weighted by atomic mass is 10.1. The first-order chi connectivity index (χ1) is 17.4. The molecule has 8 heteroatoms. The second kappa shape index (κ2) is 9.83. The van der Waals surface area contributed by atoms with E-state index >= 15 is 0 Å². The summed E-state index contributed by atoms with van der Waals surface area (Å²) in [4.78, 5) is 39.1. The molecule has 0 saturated carbocycles. The molecule has 1 aromatic heterocycles. The number of thioether (sulfide) groups is 1. The Morgan fingerprint density at radius 1 is 1.03 bits per heavy atom. The fraction of sp³-hybridized carbons (Fsp3) is 0.107. The summed E-state index contributed by atoms with van der Waals surface area (Å²) in [7, 11) is 0. The Kier molecular flexibility index (Phi) is 6.43. The molecule has 0 spiro atoms. The zero-order chi connectivity index (χ0) is 25.2. The van der Waals surface area contributed by atoms with Crippen LogP contribution < -0.4 is 5.32 Å². The molecule has 0 radical (unpaired) electrons. The molecule has 1 N–H and O–H groups in total. The molecule has 180 valence electrons. The quantitative estimate of drug-likeness (QED) is 0.340. The third-order valence-electron chi connectivity index (χ3n) is 5.84. The van der Waals surface area contributed by atoms with Crippen LogP contribution in [0.4, 0.5) is 14.9 Å². The molecule has 3 aromatic carbocycles. The molecule has 4 aromatic rings. The number of carbonyl (C=O) groups is 3. The number of halogens is 1. The Balaban J connectivity index is 1.37. The van der Waals surface area contributed by atoms with Gasteiger partial charge in [-0.25, -0.2) is 4.39 Å². The molecule has 5 rings (SSSR count). The van der Waals surface area contributed by atoms with Crippen LogP contribution in [-0.2, 0) is 16.1 Å². The van der Waals surface area contributed by atoms with Crippen LogP contribution in [0.3, 0.4) is 0 Å². The first kappa shape index (κ1) is 23.6. The molecule has 0 bridgehead atoms. The van der Waals surface area contributed by atoms with Crippen LogP contribution in [0, 0.1) is 12.7 Å². The van der Waals surface area contributed by atoms with Crippen molar-refractivity contribution in [3.63, 3.8) is 0 Å². The van der Waals surface area contributed by atoms with E-state index < -0.39 is 29.4 Å². The number of fused-ring (bicyclic) bond motifs is 1. The maximum Gasteiger partial charge on any atom is 0.294 e. The SMILES string of the molecule is Cc1cccc(Cn2cc(/C=C3\SC(=O)N(CC(=O)Nc4ccc(F)cc4)C3=O)c3ccccc32)c1. The second-order valence-corrected chi connectivity index (χ2v) is 9.53. The number of carbonyl (C=O) groups excluding carboxylic acids is 3. The number of benzene rings is 3. The van der Waals surface area contributed by atoms with Crippen molar-refractivity contribution in [3.05, 3.63) is 106 Å². The standard InChI is InChI=1S/C28H22FN3O3S/c1-18-5-4-6-19(13-18)15-31-16-20(23-7-2-3-8-24(23)31)14-25-27(34)32(28(35)36-25)17-26(33)30-22-11-9-21(29)10-12-22/h2-14,16H,15,17H2,1H3,(H,30,33)/b25-14-. The molecular formula is C28H22FN3O3S. The first-order valence-corrected chi connectivity index (χ1v) is 12.1. The summed E-state index contributed by atoms with van der Waals surface area (Å²) >= 11 is 0.810. The molecule has 2 heterocycles. The fourth-order valence-electron chi connectivity index (χ4n) is 4.18. The van der Waals surface area contributed by atoms with Gasteiger partial charge in [-0.15, -0.1) is 0 Å². The minimum absolute atomic E-state index is 0.257. The summed E-state index contributed by atoms with van der Waals surface area (Å²) < 4.78 is 15.2. The molecule has 1 fully saturated rings. The van der Waals surface area contributed by atoms with Gasteiger partial charge in [0.15, 0.2) is 0 Å². The fourth-order valence-corrected chi connectivity index (χ4v) is 5.01. The number of anilines is 1. The summed E-state index contributed by atoms with van der Waals surface area (Å²) in [6.07, 6.45) is 3.68. The first-order valence-electron chi connectivity index (χ1n) is 11.3. The van der Waals surface area contributed by atoms with Crippen LogP contribution in [0.1, 0.15) is 16.7 Å². The van der Waals surface area contributed by atoms with Crippen molar-refractivity contribution in [2.75, 3.05) is 11.9 Å². The van der Waals surface area contributed by atoms with Crippen molar-refractivity contribution in [1.29, 1.82) is 0 Å². The van der Waals surface area contributed by atoms with Gasteiger partial charge in [0.05, 0.1) is 4.91 Å². The zero-order valence-corrected chi connectivity index (χ0v) is 20.2. The number of amides is 3. The van der Waals surface area contributed by atoms with Crippen LogP contribution in [-0.4, -0.2) is 33.1 Å². The molecule has 1 aliphatic heterocycles. The normalized spacial score (nSPS) is 14.7. The monoisotopic (exact) mass is 499 g/mol. The van der Waals surface area contributed by atoms with Crippen molar-refractivity contribution in [2.45, 2.75) is 13.5 Å².